The molecule has 3 fully saturated rings. The number of rotatable bonds is 8. The van der Waals surface area contributed by atoms with Gasteiger partial charge in [0.15, 0.2) is 18.9 Å². The van der Waals surface area contributed by atoms with E-state index in [2.05, 4.69) is 0 Å². The second kappa shape index (κ2) is 12.3. The molecule has 0 radical (unpaired) electrons. The van der Waals surface area contributed by atoms with Gasteiger partial charge in [-0.15, -0.1) is 0 Å². The first-order valence-electron chi connectivity index (χ1n) is 11.7. The van der Waals surface area contributed by atoms with Gasteiger partial charge >= 0.3 is 0 Å². The average molecular weight is 513 g/mol. The molecule has 0 amide bonds. The monoisotopic (exact) mass is 512 g/mol. The van der Waals surface area contributed by atoms with E-state index >= 15 is 0 Å². The van der Waals surface area contributed by atoms with Gasteiger partial charge in [0.2, 0.25) is 0 Å². The third-order valence-corrected chi connectivity index (χ3v) is 6.96. The maximum atomic E-state index is 10.9. The maximum Gasteiger partial charge on any atom is 0.187 e. The largest absolute Gasteiger partial charge is 0.388 e. The van der Waals surface area contributed by atoms with Crippen LogP contribution in [0, 0.1) is 0 Å². The zero-order valence-corrected chi connectivity index (χ0v) is 21.1. The highest BCUT2D eigenvalue weighted by Crippen LogP contribution is 2.34. The maximum absolute atomic E-state index is 10.9. The molecule has 206 valence electrons. The van der Waals surface area contributed by atoms with Crippen molar-refractivity contribution in [1.29, 1.82) is 0 Å². The highest BCUT2D eigenvalue weighted by atomic mass is 16.8. The number of ether oxygens (including phenoxy) is 9. The number of aliphatic hydroxyl groups excluding tert-OH is 4. The highest BCUT2D eigenvalue weighted by molar-refractivity contribution is 4.96. The van der Waals surface area contributed by atoms with E-state index in [1.165, 1.54) is 28.4 Å². The van der Waals surface area contributed by atoms with E-state index in [9.17, 15) is 20.4 Å². The van der Waals surface area contributed by atoms with Crippen molar-refractivity contribution in [2.45, 2.75) is 113 Å². The van der Waals surface area contributed by atoms with Gasteiger partial charge in [0.05, 0.1) is 18.3 Å². The minimum Gasteiger partial charge on any atom is -0.388 e. The van der Waals surface area contributed by atoms with Crippen LogP contribution in [-0.2, 0) is 42.6 Å². The molecule has 3 aliphatic rings. The van der Waals surface area contributed by atoms with E-state index in [4.69, 9.17) is 42.6 Å². The van der Waals surface area contributed by atoms with Gasteiger partial charge in [-0.1, -0.05) is 0 Å². The zero-order valence-electron chi connectivity index (χ0n) is 21.1. The minimum atomic E-state index is -1.27. The lowest BCUT2D eigenvalue weighted by Gasteiger charge is -2.49. The highest BCUT2D eigenvalue weighted by Gasteiger charge is 2.53. The van der Waals surface area contributed by atoms with E-state index in [0.29, 0.717) is 0 Å². The summed E-state index contributed by atoms with van der Waals surface area (Å²) >= 11 is 0. The third-order valence-electron chi connectivity index (χ3n) is 6.96. The molecule has 0 spiro atoms. The summed E-state index contributed by atoms with van der Waals surface area (Å²) in [6.45, 7) is 4.97. The van der Waals surface area contributed by atoms with Gasteiger partial charge in [-0.3, -0.25) is 0 Å². The first-order chi connectivity index (χ1) is 16.6. The molecule has 0 unspecified atom stereocenters. The number of hydrogen-bond donors (Lipinski definition) is 4. The molecule has 3 rings (SSSR count). The predicted octanol–water partition coefficient (Wildman–Crippen LogP) is -1.87. The van der Waals surface area contributed by atoms with Gasteiger partial charge in [0.25, 0.3) is 0 Å². The Hall–Kier alpha value is -0.520. The lowest BCUT2D eigenvalue weighted by Crippen LogP contribution is -2.66. The minimum absolute atomic E-state index is 0.515. The number of methoxy groups -OCH3 is 4. The van der Waals surface area contributed by atoms with Crippen LogP contribution in [0.15, 0.2) is 0 Å². The summed E-state index contributed by atoms with van der Waals surface area (Å²) in [7, 11) is 5.66. The summed E-state index contributed by atoms with van der Waals surface area (Å²) < 4.78 is 51.4. The van der Waals surface area contributed by atoms with Crippen LogP contribution in [0.25, 0.3) is 0 Å². The molecule has 3 saturated heterocycles. The Morgan fingerprint density at radius 1 is 0.457 bits per heavy atom. The van der Waals surface area contributed by atoms with Crippen LogP contribution in [0.2, 0.25) is 0 Å². The summed E-state index contributed by atoms with van der Waals surface area (Å²) in [6, 6.07) is 0. The molecular formula is C22H40O13. The molecule has 13 nitrogen and oxygen atoms in total. The summed E-state index contributed by atoms with van der Waals surface area (Å²) in [6.07, 6.45) is -14.4. The Labute approximate surface area is 205 Å². The van der Waals surface area contributed by atoms with Crippen molar-refractivity contribution in [3.8, 4) is 0 Å². The van der Waals surface area contributed by atoms with Gasteiger partial charge in [0.1, 0.15) is 54.9 Å². The molecule has 0 aromatic carbocycles. The summed E-state index contributed by atoms with van der Waals surface area (Å²) in [5.41, 5.74) is 0. The molecule has 35 heavy (non-hydrogen) atoms. The first-order valence-corrected chi connectivity index (χ1v) is 11.7. The Bertz CT molecular complexity index is 639. The summed E-state index contributed by atoms with van der Waals surface area (Å²) in [5.74, 6) is 0. The van der Waals surface area contributed by atoms with Crippen molar-refractivity contribution in [1.82, 2.24) is 0 Å². The molecule has 13 heteroatoms. The second-order valence-electron chi connectivity index (χ2n) is 9.13. The van der Waals surface area contributed by atoms with Gasteiger partial charge < -0.3 is 63.1 Å². The van der Waals surface area contributed by atoms with E-state index < -0.39 is 92.1 Å². The fraction of sp³-hybridized carbons (Fsp3) is 1.00. The Morgan fingerprint density at radius 3 is 1.49 bits per heavy atom. The van der Waals surface area contributed by atoms with Gasteiger partial charge in [-0.2, -0.15) is 0 Å². The molecular weight excluding hydrogens is 472 g/mol. The Morgan fingerprint density at radius 2 is 0.943 bits per heavy atom. The smallest absolute Gasteiger partial charge is 0.187 e. The van der Waals surface area contributed by atoms with Crippen LogP contribution >= 0.6 is 0 Å². The van der Waals surface area contributed by atoms with Gasteiger partial charge in [-0.05, 0) is 20.8 Å². The standard InChI is InChI=1S/C22H40O13/c1-8-11(23)13(25)16(28-5)21(32-8)34-15-12(24)9(2)33-22(19(15)30-7)35-17-14(27-4)10(3)31-20(26)18(17)29-6/h8-26H,1-7H3/t8-,9-,10-,11+,12-,13+,14-,15+,16-,17+,18+,19+,20+,21-,22-/m0/s1. The molecule has 0 aromatic heterocycles. The lowest BCUT2D eigenvalue weighted by atomic mass is 9.96. The molecule has 15 atom stereocenters. The predicted molar refractivity (Wildman–Crippen MR) is 116 cm³/mol. The topological polar surface area (TPSA) is 164 Å². The van der Waals surface area contributed by atoms with Crippen LogP contribution in [0.4, 0.5) is 0 Å². The second-order valence-corrected chi connectivity index (χ2v) is 9.13. The van der Waals surface area contributed by atoms with Crippen LogP contribution in [-0.4, -0.2) is 141 Å². The SMILES string of the molecule is CO[C@@H]1[C@H](O[C@@H]2[C@@H](O)[C@H](C)O[C@@H](O[C@@H]3[C@@H](OC)[C@H](C)O[C@@H](O)[C@@H]3OC)[C@@H]2OC)O[C@@H](C)[C@@H](O)[C@H]1O. The molecule has 3 aliphatic heterocycles. The summed E-state index contributed by atoms with van der Waals surface area (Å²) in [5, 5.41) is 41.9. The number of aliphatic hydroxyl groups is 4. The van der Waals surface area contributed by atoms with Crippen molar-refractivity contribution in [3.05, 3.63) is 0 Å². The molecule has 3 heterocycles. The van der Waals surface area contributed by atoms with Crippen molar-refractivity contribution < 1.29 is 63.1 Å². The van der Waals surface area contributed by atoms with E-state index in [-0.39, 0.29) is 0 Å². The Balaban J connectivity index is 1.84. The van der Waals surface area contributed by atoms with Crippen molar-refractivity contribution in [2.24, 2.45) is 0 Å². The van der Waals surface area contributed by atoms with E-state index in [1.807, 2.05) is 0 Å². The fourth-order valence-corrected chi connectivity index (χ4v) is 4.89. The molecule has 4 N–H and O–H groups in total. The Kier molecular flexibility index (Phi) is 10.2. The fourth-order valence-electron chi connectivity index (χ4n) is 4.89. The van der Waals surface area contributed by atoms with Crippen molar-refractivity contribution in [2.75, 3.05) is 28.4 Å². The average Bonchev–Trinajstić information content (AvgIpc) is 2.81. The third kappa shape index (κ3) is 5.82. The van der Waals surface area contributed by atoms with Crippen LogP contribution in [0.1, 0.15) is 20.8 Å². The van der Waals surface area contributed by atoms with Crippen LogP contribution in [0.5, 0.6) is 0 Å². The van der Waals surface area contributed by atoms with Gasteiger partial charge in [0, 0.05) is 28.4 Å². The zero-order chi connectivity index (χ0) is 26.0. The van der Waals surface area contributed by atoms with E-state index in [1.54, 1.807) is 20.8 Å². The van der Waals surface area contributed by atoms with Crippen molar-refractivity contribution >= 4 is 0 Å². The molecule has 0 saturated carbocycles. The van der Waals surface area contributed by atoms with Crippen molar-refractivity contribution in [3.63, 3.8) is 0 Å². The summed E-state index contributed by atoms with van der Waals surface area (Å²) in [4.78, 5) is 0. The molecule has 0 aliphatic carbocycles. The number of hydrogen-bond acceptors (Lipinski definition) is 13. The van der Waals surface area contributed by atoms with Crippen LogP contribution < -0.4 is 0 Å². The molecule has 0 aromatic rings. The lowest BCUT2D eigenvalue weighted by molar-refractivity contribution is -0.378. The first kappa shape index (κ1) is 29.0. The van der Waals surface area contributed by atoms with Crippen LogP contribution in [0.3, 0.4) is 0 Å². The quantitative estimate of drug-likeness (QED) is 0.286. The molecule has 0 bridgehead atoms. The van der Waals surface area contributed by atoms with E-state index in [0.717, 1.165) is 0 Å². The van der Waals surface area contributed by atoms with Gasteiger partial charge in [-0.25, -0.2) is 0 Å². The normalized spacial score (nSPS) is 51.3.